The maximum atomic E-state index is 13.4. The van der Waals surface area contributed by atoms with Gasteiger partial charge in [-0.05, 0) is 29.5 Å². The SMILES string of the molecule is CC1(C)CC(=O)C2=C(C1)N=C1c3ccccc3C(=O)[C@@H]1[C@H]2c1ccc(Cl)cc1Cl. The van der Waals surface area contributed by atoms with E-state index in [1.807, 2.05) is 30.3 Å². The molecule has 29 heavy (non-hydrogen) atoms. The molecule has 2 atom stereocenters. The highest BCUT2D eigenvalue weighted by atomic mass is 35.5. The molecule has 2 aromatic carbocycles. The summed E-state index contributed by atoms with van der Waals surface area (Å²) < 4.78 is 0. The van der Waals surface area contributed by atoms with E-state index in [1.165, 1.54) is 0 Å². The van der Waals surface area contributed by atoms with Gasteiger partial charge in [-0.25, -0.2) is 0 Å². The molecular weight excluding hydrogens is 405 g/mol. The Hall–Kier alpha value is -2.23. The first kappa shape index (κ1) is 18.8. The van der Waals surface area contributed by atoms with Crippen molar-refractivity contribution in [3.05, 3.63) is 80.5 Å². The molecule has 3 aliphatic rings. The Morgan fingerprint density at radius 3 is 2.41 bits per heavy atom. The second-order valence-electron chi connectivity index (χ2n) is 8.83. The summed E-state index contributed by atoms with van der Waals surface area (Å²) in [5.41, 5.74) is 4.31. The van der Waals surface area contributed by atoms with E-state index in [-0.39, 0.29) is 17.0 Å². The Kier molecular flexibility index (Phi) is 4.13. The maximum absolute atomic E-state index is 13.4. The number of carbonyl (C=O) groups is 2. The molecule has 146 valence electrons. The van der Waals surface area contributed by atoms with Crippen LogP contribution in [-0.4, -0.2) is 17.3 Å². The molecule has 3 nitrogen and oxygen atoms in total. The zero-order chi connectivity index (χ0) is 20.5. The van der Waals surface area contributed by atoms with Gasteiger partial charge in [-0.1, -0.05) is 67.4 Å². The molecule has 0 unspecified atom stereocenters. The largest absolute Gasteiger partial charge is 0.294 e. The molecule has 2 aliphatic carbocycles. The number of aliphatic imine (C=N–C) groups is 1. The van der Waals surface area contributed by atoms with Crippen molar-refractivity contribution in [3.8, 4) is 0 Å². The molecule has 0 fully saturated rings. The van der Waals surface area contributed by atoms with Crippen LogP contribution in [0.15, 0.2) is 58.7 Å². The van der Waals surface area contributed by atoms with Gasteiger partial charge in [0.1, 0.15) is 0 Å². The standard InChI is InChI=1S/C24H19Cl2NO2/c1-24(2)10-17-20(18(28)11-24)19(15-8-7-12(25)9-16(15)26)21-22(27-17)13-5-3-4-6-14(13)23(21)29/h3-9,19,21H,10-11H2,1-2H3/t19-,21+/m0/s1. The lowest BCUT2D eigenvalue weighted by molar-refractivity contribution is -0.118. The van der Waals surface area contributed by atoms with Crippen molar-refractivity contribution in [2.75, 3.05) is 0 Å². The van der Waals surface area contributed by atoms with E-state index in [0.717, 1.165) is 22.5 Å². The van der Waals surface area contributed by atoms with Gasteiger partial charge in [0.15, 0.2) is 11.6 Å². The summed E-state index contributed by atoms with van der Waals surface area (Å²) in [5.74, 6) is -0.917. The fourth-order valence-electron chi connectivity index (χ4n) is 4.97. The topological polar surface area (TPSA) is 46.5 Å². The number of benzene rings is 2. The van der Waals surface area contributed by atoms with Crippen LogP contribution in [0.25, 0.3) is 0 Å². The molecule has 1 heterocycles. The number of hydrogen-bond donors (Lipinski definition) is 0. The first-order valence-electron chi connectivity index (χ1n) is 9.70. The van der Waals surface area contributed by atoms with E-state index in [4.69, 9.17) is 28.2 Å². The third-order valence-corrected chi connectivity index (χ3v) is 6.70. The number of halogens is 2. The van der Waals surface area contributed by atoms with Crippen LogP contribution in [0.5, 0.6) is 0 Å². The number of nitrogens with zero attached hydrogens (tertiary/aromatic N) is 1. The van der Waals surface area contributed by atoms with Crippen molar-refractivity contribution in [1.82, 2.24) is 0 Å². The van der Waals surface area contributed by atoms with Gasteiger partial charge in [-0.2, -0.15) is 0 Å². The van der Waals surface area contributed by atoms with Gasteiger partial charge in [0, 0.05) is 44.8 Å². The lowest BCUT2D eigenvalue weighted by atomic mass is 9.66. The molecule has 0 N–H and O–H groups in total. The Bertz CT molecular complexity index is 1160. The van der Waals surface area contributed by atoms with Crippen LogP contribution >= 0.6 is 23.2 Å². The molecule has 0 aromatic heterocycles. The zero-order valence-corrected chi connectivity index (χ0v) is 17.6. The molecule has 0 saturated carbocycles. The first-order chi connectivity index (χ1) is 13.8. The Balaban J connectivity index is 1.79. The summed E-state index contributed by atoms with van der Waals surface area (Å²) >= 11 is 12.7. The van der Waals surface area contributed by atoms with Gasteiger partial charge in [-0.3, -0.25) is 14.6 Å². The minimum atomic E-state index is -0.532. The van der Waals surface area contributed by atoms with Gasteiger partial charge < -0.3 is 0 Å². The van der Waals surface area contributed by atoms with Gasteiger partial charge in [0.05, 0.1) is 11.6 Å². The average Bonchev–Trinajstić information content (AvgIpc) is 2.92. The van der Waals surface area contributed by atoms with Crippen LogP contribution in [0.4, 0.5) is 0 Å². The number of Topliss-reactive ketones (excluding diaryl/α,β-unsaturated/α-hetero) is 2. The first-order valence-corrected chi connectivity index (χ1v) is 10.5. The second kappa shape index (κ2) is 6.38. The Labute approximate surface area is 179 Å². The van der Waals surface area contributed by atoms with Crippen molar-refractivity contribution >= 4 is 40.5 Å². The molecule has 2 aromatic rings. The average molecular weight is 424 g/mol. The molecule has 0 radical (unpaired) electrons. The number of fused-ring (bicyclic) bond motifs is 3. The fourth-order valence-corrected chi connectivity index (χ4v) is 5.50. The van der Waals surface area contributed by atoms with Crippen LogP contribution in [0.1, 0.15) is 54.1 Å². The number of hydrogen-bond acceptors (Lipinski definition) is 3. The molecule has 0 saturated heterocycles. The Morgan fingerprint density at radius 1 is 0.966 bits per heavy atom. The van der Waals surface area contributed by atoms with E-state index in [0.29, 0.717) is 34.0 Å². The summed E-state index contributed by atoms with van der Waals surface area (Å²) in [7, 11) is 0. The van der Waals surface area contributed by atoms with Crippen molar-refractivity contribution in [2.45, 2.75) is 32.6 Å². The Morgan fingerprint density at radius 2 is 1.69 bits per heavy atom. The van der Waals surface area contributed by atoms with E-state index >= 15 is 0 Å². The normalized spacial score (nSPS) is 24.8. The van der Waals surface area contributed by atoms with Crippen molar-refractivity contribution in [1.29, 1.82) is 0 Å². The van der Waals surface area contributed by atoms with E-state index in [1.54, 1.807) is 12.1 Å². The lowest BCUT2D eigenvalue weighted by Gasteiger charge is -2.38. The molecular formula is C24H19Cl2NO2. The van der Waals surface area contributed by atoms with Gasteiger partial charge in [0.25, 0.3) is 0 Å². The summed E-state index contributed by atoms with van der Waals surface area (Å²) in [6.07, 6.45) is 1.13. The minimum Gasteiger partial charge on any atom is -0.294 e. The summed E-state index contributed by atoms with van der Waals surface area (Å²) in [5, 5.41) is 0.992. The van der Waals surface area contributed by atoms with Crippen LogP contribution in [-0.2, 0) is 4.79 Å². The molecule has 5 rings (SSSR count). The third-order valence-electron chi connectivity index (χ3n) is 6.14. The molecule has 0 amide bonds. The van der Waals surface area contributed by atoms with Crippen molar-refractivity contribution < 1.29 is 9.59 Å². The van der Waals surface area contributed by atoms with Gasteiger partial charge in [0.2, 0.25) is 0 Å². The van der Waals surface area contributed by atoms with Crippen LogP contribution in [0.2, 0.25) is 10.0 Å². The van der Waals surface area contributed by atoms with Gasteiger partial charge in [-0.15, -0.1) is 0 Å². The summed E-state index contributed by atoms with van der Waals surface area (Å²) in [4.78, 5) is 31.6. The summed E-state index contributed by atoms with van der Waals surface area (Å²) in [6, 6.07) is 12.8. The van der Waals surface area contributed by atoms with E-state index < -0.39 is 11.8 Å². The summed E-state index contributed by atoms with van der Waals surface area (Å²) in [6.45, 7) is 4.16. The zero-order valence-electron chi connectivity index (χ0n) is 16.1. The number of rotatable bonds is 1. The quantitative estimate of drug-likeness (QED) is 0.561. The third kappa shape index (κ3) is 2.83. The number of allylic oxidation sites excluding steroid dienone is 2. The number of carbonyl (C=O) groups excluding carboxylic acids is 2. The number of ketones is 2. The van der Waals surface area contributed by atoms with Crippen LogP contribution in [0, 0.1) is 11.3 Å². The predicted octanol–water partition coefficient (Wildman–Crippen LogP) is 6.04. The highest BCUT2D eigenvalue weighted by Crippen LogP contribution is 2.52. The molecule has 0 bridgehead atoms. The predicted molar refractivity (Wildman–Crippen MR) is 115 cm³/mol. The van der Waals surface area contributed by atoms with Crippen molar-refractivity contribution in [2.24, 2.45) is 16.3 Å². The van der Waals surface area contributed by atoms with Crippen LogP contribution < -0.4 is 0 Å². The molecule has 5 heteroatoms. The van der Waals surface area contributed by atoms with Crippen LogP contribution in [0.3, 0.4) is 0 Å². The molecule has 0 spiro atoms. The molecule has 1 aliphatic heterocycles. The van der Waals surface area contributed by atoms with E-state index in [2.05, 4.69) is 13.8 Å². The lowest BCUT2D eigenvalue weighted by Crippen LogP contribution is -2.37. The monoisotopic (exact) mass is 423 g/mol. The van der Waals surface area contributed by atoms with Crippen molar-refractivity contribution in [3.63, 3.8) is 0 Å². The highest BCUT2D eigenvalue weighted by molar-refractivity contribution is 6.35. The minimum absolute atomic E-state index is 0.000416. The van der Waals surface area contributed by atoms with Gasteiger partial charge >= 0.3 is 0 Å². The maximum Gasteiger partial charge on any atom is 0.173 e. The smallest absolute Gasteiger partial charge is 0.173 e. The van der Waals surface area contributed by atoms with E-state index in [9.17, 15) is 9.59 Å². The fraction of sp³-hybridized carbons (Fsp3) is 0.292. The highest BCUT2D eigenvalue weighted by Gasteiger charge is 2.50. The second-order valence-corrected chi connectivity index (χ2v) is 9.67.